The average Bonchev–Trinajstić information content (AvgIpc) is 3.44. The van der Waals surface area contributed by atoms with Crippen molar-refractivity contribution in [3.63, 3.8) is 0 Å². The maximum atomic E-state index is 9.80. The summed E-state index contributed by atoms with van der Waals surface area (Å²) in [5, 5.41) is 9.80. The molecule has 190 valence electrons. The Bertz CT molecular complexity index is 1500. The number of H-pyrrole nitrogens is 2. The standard InChI is InChI=1S/C25H23IN6O.3ClH/c1-31-8-10-32(11-9-31)17-4-6-20-22(14-17)30-25(28-20)16-2-5-19-21(13-16)29-24(27-19)15-3-7-23(33)18(26)12-15;;;/h2-7,12-14,33H,8-11H2,1H3,(H,27,29)(H,28,30);3*1H. The lowest BCUT2D eigenvalue weighted by molar-refractivity contribution is 0.313. The highest BCUT2D eigenvalue weighted by atomic mass is 127. The highest BCUT2D eigenvalue weighted by Gasteiger charge is 2.16. The van der Waals surface area contributed by atoms with Gasteiger partial charge in [0, 0.05) is 43.0 Å². The van der Waals surface area contributed by atoms with E-state index >= 15 is 0 Å². The summed E-state index contributed by atoms with van der Waals surface area (Å²) in [5.41, 5.74) is 7.04. The zero-order valence-electron chi connectivity index (χ0n) is 19.4. The molecule has 11 heteroatoms. The lowest BCUT2D eigenvalue weighted by atomic mass is 10.2. The Kier molecular flexibility index (Phi) is 9.00. The summed E-state index contributed by atoms with van der Waals surface area (Å²) in [5.74, 6) is 1.90. The largest absolute Gasteiger partial charge is 0.507 e. The van der Waals surface area contributed by atoms with E-state index in [1.165, 1.54) is 5.69 Å². The molecule has 5 aromatic rings. The minimum Gasteiger partial charge on any atom is -0.507 e. The fourth-order valence-electron chi connectivity index (χ4n) is 4.34. The van der Waals surface area contributed by atoms with Gasteiger partial charge < -0.3 is 24.9 Å². The van der Waals surface area contributed by atoms with E-state index in [1.807, 2.05) is 24.3 Å². The second kappa shape index (κ2) is 11.4. The van der Waals surface area contributed by atoms with Crippen LogP contribution in [0.3, 0.4) is 0 Å². The van der Waals surface area contributed by atoms with Gasteiger partial charge in [0.05, 0.1) is 25.6 Å². The topological polar surface area (TPSA) is 84.1 Å². The van der Waals surface area contributed by atoms with Crippen molar-refractivity contribution < 1.29 is 5.11 Å². The van der Waals surface area contributed by atoms with Crippen LogP contribution in [0.1, 0.15) is 0 Å². The molecule has 0 amide bonds. The van der Waals surface area contributed by atoms with Crippen LogP contribution in [0.25, 0.3) is 44.8 Å². The minimum atomic E-state index is 0. The van der Waals surface area contributed by atoms with Crippen LogP contribution in [0, 0.1) is 3.57 Å². The van der Waals surface area contributed by atoms with E-state index < -0.39 is 0 Å². The molecule has 36 heavy (non-hydrogen) atoms. The number of piperazine rings is 1. The third-order valence-electron chi connectivity index (χ3n) is 6.31. The fraction of sp³-hybridized carbons (Fsp3) is 0.200. The summed E-state index contributed by atoms with van der Waals surface area (Å²) >= 11 is 2.12. The number of halogens is 4. The first-order valence-electron chi connectivity index (χ1n) is 11.0. The van der Waals surface area contributed by atoms with Crippen molar-refractivity contribution >= 4 is 87.6 Å². The molecule has 1 fully saturated rings. The zero-order valence-corrected chi connectivity index (χ0v) is 24.0. The van der Waals surface area contributed by atoms with Crippen LogP contribution >= 0.6 is 59.8 Å². The molecule has 0 saturated carbocycles. The quantitative estimate of drug-likeness (QED) is 0.204. The molecule has 1 saturated heterocycles. The molecule has 0 aliphatic carbocycles. The normalized spacial score (nSPS) is 13.8. The average molecular weight is 660 g/mol. The zero-order chi connectivity index (χ0) is 22.5. The fourth-order valence-corrected chi connectivity index (χ4v) is 4.86. The van der Waals surface area contributed by atoms with Crippen molar-refractivity contribution in [2.75, 3.05) is 38.1 Å². The van der Waals surface area contributed by atoms with Gasteiger partial charge in [-0.1, -0.05) is 0 Å². The lowest BCUT2D eigenvalue weighted by Gasteiger charge is -2.34. The molecule has 6 rings (SSSR count). The van der Waals surface area contributed by atoms with E-state index in [2.05, 4.69) is 73.7 Å². The Morgan fingerprint density at radius 1 is 0.750 bits per heavy atom. The van der Waals surface area contributed by atoms with Crippen LogP contribution in [0.5, 0.6) is 5.75 Å². The number of phenols is 1. The third kappa shape index (κ3) is 5.38. The minimum absolute atomic E-state index is 0. The first-order valence-corrected chi connectivity index (χ1v) is 12.0. The SMILES string of the molecule is CN1CCN(c2ccc3nc(-c4ccc5nc(-c6ccc(O)c(I)c6)[nH]c5c4)[nH]c3c2)CC1.Cl.Cl.Cl. The molecule has 3 heterocycles. The number of imidazole rings is 2. The van der Waals surface area contributed by atoms with E-state index in [-0.39, 0.29) is 43.0 Å². The van der Waals surface area contributed by atoms with Gasteiger partial charge in [0.25, 0.3) is 0 Å². The van der Waals surface area contributed by atoms with Gasteiger partial charge in [-0.05, 0) is 84.2 Å². The molecule has 0 spiro atoms. The number of fused-ring (bicyclic) bond motifs is 2. The second-order valence-corrected chi connectivity index (χ2v) is 9.72. The number of likely N-dealkylation sites (N-methyl/N-ethyl adjacent to an activating group) is 1. The second-order valence-electron chi connectivity index (χ2n) is 8.56. The van der Waals surface area contributed by atoms with E-state index in [0.29, 0.717) is 0 Å². The molecular formula is C25H26Cl3IN6O. The Balaban J connectivity index is 0.00000120. The van der Waals surface area contributed by atoms with E-state index in [9.17, 15) is 5.11 Å². The Morgan fingerprint density at radius 3 is 1.94 bits per heavy atom. The molecule has 0 atom stereocenters. The first kappa shape index (κ1) is 28.3. The van der Waals surface area contributed by atoms with Crippen LogP contribution < -0.4 is 4.90 Å². The number of hydrogen-bond donors (Lipinski definition) is 3. The van der Waals surface area contributed by atoms with Crippen LogP contribution in [0.15, 0.2) is 54.6 Å². The number of hydrogen-bond acceptors (Lipinski definition) is 5. The molecular weight excluding hydrogens is 634 g/mol. The Morgan fingerprint density at radius 2 is 1.31 bits per heavy atom. The molecule has 2 aromatic heterocycles. The highest BCUT2D eigenvalue weighted by molar-refractivity contribution is 14.1. The van der Waals surface area contributed by atoms with Gasteiger partial charge in [-0.2, -0.15) is 0 Å². The van der Waals surface area contributed by atoms with Crippen LogP contribution in [-0.2, 0) is 0 Å². The molecule has 0 radical (unpaired) electrons. The predicted octanol–water partition coefficient (Wildman–Crippen LogP) is 6.10. The summed E-state index contributed by atoms with van der Waals surface area (Å²) in [6, 6.07) is 18.1. The maximum Gasteiger partial charge on any atom is 0.138 e. The van der Waals surface area contributed by atoms with Crippen molar-refractivity contribution in [3.05, 3.63) is 58.2 Å². The van der Waals surface area contributed by atoms with Gasteiger partial charge in [0.1, 0.15) is 17.4 Å². The van der Waals surface area contributed by atoms with Gasteiger partial charge >= 0.3 is 0 Å². The van der Waals surface area contributed by atoms with Gasteiger partial charge in [0.2, 0.25) is 0 Å². The summed E-state index contributed by atoms with van der Waals surface area (Å²) in [4.78, 5) is 21.3. The van der Waals surface area contributed by atoms with Crippen molar-refractivity contribution in [2.45, 2.75) is 0 Å². The number of phenolic OH excluding ortho intramolecular Hbond substituents is 1. The number of anilines is 1. The third-order valence-corrected chi connectivity index (χ3v) is 7.17. The first-order chi connectivity index (χ1) is 16.0. The van der Waals surface area contributed by atoms with Gasteiger partial charge in [-0.15, -0.1) is 37.2 Å². The van der Waals surface area contributed by atoms with E-state index in [4.69, 9.17) is 9.97 Å². The van der Waals surface area contributed by atoms with Gasteiger partial charge in [-0.3, -0.25) is 0 Å². The Hall–Kier alpha value is -2.24. The van der Waals surface area contributed by atoms with E-state index in [1.54, 1.807) is 6.07 Å². The predicted molar refractivity (Wildman–Crippen MR) is 162 cm³/mol. The molecule has 3 N–H and O–H groups in total. The molecule has 7 nitrogen and oxygen atoms in total. The molecule has 1 aliphatic heterocycles. The van der Waals surface area contributed by atoms with E-state index in [0.717, 1.165) is 74.6 Å². The number of aromatic hydroxyl groups is 1. The monoisotopic (exact) mass is 658 g/mol. The van der Waals surface area contributed by atoms with Crippen LogP contribution in [-0.4, -0.2) is 63.2 Å². The number of aromatic amines is 2. The van der Waals surface area contributed by atoms with Crippen molar-refractivity contribution in [2.24, 2.45) is 0 Å². The van der Waals surface area contributed by atoms with Gasteiger partial charge in [-0.25, -0.2) is 9.97 Å². The lowest BCUT2D eigenvalue weighted by Crippen LogP contribution is -2.44. The van der Waals surface area contributed by atoms with Gasteiger partial charge in [0.15, 0.2) is 0 Å². The number of nitrogens with one attached hydrogen (secondary N) is 2. The summed E-state index contributed by atoms with van der Waals surface area (Å²) in [6.07, 6.45) is 0. The smallest absolute Gasteiger partial charge is 0.138 e. The number of aromatic nitrogens is 4. The molecule has 3 aromatic carbocycles. The highest BCUT2D eigenvalue weighted by Crippen LogP contribution is 2.30. The van der Waals surface area contributed by atoms with Crippen LogP contribution in [0.2, 0.25) is 0 Å². The molecule has 0 bridgehead atoms. The molecule has 0 unspecified atom stereocenters. The number of benzene rings is 3. The van der Waals surface area contributed by atoms with Crippen LogP contribution in [0.4, 0.5) is 5.69 Å². The number of nitrogens with zero attached hydrogens (tertiary/aromatic N) is 4. The maximum absolute atomic E-state index is 9.80. The van der Waals surface area contributed by atoms with Crippen molar-refractivity contribution in [3.8, 4) is 28.5 Å². The summed E-state index contributed by atoms with van der Waals surface area (Å²) in [6.45, 7) is 4.26. The number of rotatable bonds is 3. The van der Waals surface area contributed by atoms with Crippen molar-refractivity contribution in [1.82, 2.24) is 24.8 Å². The van der Waals surface area contributed by atoms with Crippen molar-refractivity contribution in [1.29, 1.82) is 0 Å². The summed E-state index contributed by atoms with van der Waals surface area (Å²) in [7, 11) is 2.17. The Labute approximate surface area is 241 Å². The molecule has 1 aliphatic rings. The summed E-state index contributed by atoms with van der Waals surface area (Å²) < 4.78 is 0.796.